The van der Waals surface area contributed by atoms with Crippen LogP contribution in [0.5, 0.6) is 0 Å². The number of anilines is 1. The second-order valence-corrected chi connectivity index (χ2v) is 5.67. The molecule has 2 rings (SSSR count). The summed E-state index contributed by atoms with van der Waals surface area (Å²) in [7, 11) is 0. The first-order valence-electron chi connectivity index (χ1n) is 7.91. The average Bonchev–Trinajstić information content (AvgIpc) is 2.88. The van der Waals surface area contributed by atoms with Gasteiger partial charge >= 0.3 is 11.7 Å². The normalized spacial score (nSPS) is 10.1. The van der Waals surface area contributed by atoms with Crippen molar-refractivity contribution in [3.8, 4) is 6.07 Å². The quantitative estimate of drug-likeness (QED) is 0.443. The van der Waals surface area contributed by atoms with Gasteiger partial charge in [0.1, 0.15) is 17.9 Å². The van der Waals surface area contributed by atoms with E-state index in [0.717, 1.165) is 5.56 Å². The summed E-state index contributed by atoms with van der Waals surface area (Å²) < 4.78 is 6.05. The van der Waals surface area contributed by atoms with E-state index in [4.69, 9.17) is 10.00 Å². The van der Waals surface area contributed by atoms with Crippen molar-refractivity contribution < 1.29 is 19.2 Å². The fourth-order valence-electron chi connectivity index (χ4n) is 2.41. The molecular weight excluding hydrogens is 354 g/mol. The maximum absolute atomic E-state index is 11.9. The van der Waals surface area contributed by atoms with Gasteiger partial charge in [0.15, 0.2) is 6.61 Å². The number of carbonyl (C=O) groups excluding carboxylic acids is 2. The van der Waals surface area contributed by atoms with Crippen molar-refractivity contribution in [2.24, 2.45) is 0 Å². The Kier molecular flexibility index (Phi) is 6.22. The van der Waals surface area contributed by atoms with Crippen LogP contribution in [0.15, 0.2) is 24.3 Å². The van der Waals surface area contributed by atoms with Gasteiger partial charge in [0.25, 0.3) is 5.91 Å². The predicted molar refractivity (Wildman–Crippen MR) is 93.7 cm³/mol. The molecule has 1 aromatic heterocycles. The van der Waals surface area contributed by atoms with Gasteiger partial charge in [0.2, 0.25) is 0 Å². The summed E-state index contributed by atoms with van der Waals surface area (Å²) in [5.74, 6) is -1.27. The van der Waals surface area contributed by atoms with Crippen LogP contribution in [0.3, 0.4) is 0 Å². The highest BCUT2D eigenvalue weighted by Crippen LogP contribution is 2.21. The summed E-state index contributed by atoms with van der Waals surface area (Å²) in [6, 6.07) is 8.72. The van der Waals surface area contributed by atoms with Gasteiger partial charge in [-0.2, -0.15) is 10.4 Å². The summed E-state index contributed by atoms with van der Waals surface area (Å²) in [4.78, 5) is 34.1. The van der Waals surface area contributed by atoms with Crippen molar-refractivity contribution in [1.29, 1.82) is 5.26 Å². The molecule has 27 heavy (non-hydrogen) atoms. The molecule has 0 atom stereocenters. The molecule has 1 aromatic carbocycles. The number of nitriles is 1. The van der Waals surface area contributed by atoms with Crippen LogP contribution in [0.25, 0.3) is 0 Å². The minimum atomic E-state index is -0.741. The monoisotopic (exact) mass is 371 g/mol. The molecule has 0 unspecified atom stereocenters. The number of nitro groups is 1. The predicted octanol–water partition coefficient (Wildman–Crippen LogP) is 1.66. The molecule has 0 saturated heterocycles. The fourth-order valence-corrected chi connectivity index (χ4v) is 2.41. The summed E-state index contributed by atoms with van der Waals surface area (Å²) >= 11 is 0. The number of carbonyl (C=O) groups is 2. The molecule has 1 amide bonds. The standard InChI is InChI=1S/C17H17N5O5/c1-11-17(22(25)26)12(2)21(20-11)9-16(24)27-10-15(23)19-14-5-3-13(4-6-14)7-8-18/h3-6H,7,9-10H2,1-2H3,(H,19,23). The maximum atomic E-state index is 11.9. The van der Waals surface area contributed by atoms with Crippen LogP contribution in [-0.2, 0) is 27.3 Å². The second-order valence-electron chi connectivity index (χ2n) is 5.67. The van der Waals surface area contributed by atoms with Crippen LogP contribution in [0.1, 0.15) is 17.0 Å². The van der Waals surface area contributed by atoms with Crippen LogP contribution in [0.2, 0.25) is 0 Å². The van der Waals surface area contributed by atoms with E-state index >= 15 is 0 Å². The summed E-state index contributed by atoms with van der Waals surface area (Å²) in [5, 5.41) is 26.1. The van der Waals surface area contributed by atoms with Crippen LogP contribution in [-0.4, -0.2) is 33.2 Å². The van der Waals surface area contributed by atoms with Crippen molar-refractivity contribution in [3.05, 3.63) is 51.3 Å². The molecular formula is C17H17N5O5. The Balaban J connectivity index is 1.86. The lowest BCUT2D eigenvalue weighted by molar-refractivity contribution is -0.386. The number of rotatable bonds is 7. The highest BCUT2D eigenvalue weighted by molar-refractivity contribution is 5.92. The number of ether oxygens (including phenoxy) is 1. The Morgan fingerprint density at radius 3 is 2.56 bits per heavy atom. The van der Waals surface area contributed by atoms with E-state index < -0.39 is 23.4 Å². The molecule has 2 aromatic rings. The van der Waals surface area contributed by atoms with E-state index in [1.165, 1.54) is 18.5 Å². The van der Waals surface area contributed by atoms with E-state index in [9.17, 15) is 19.7 Å². The smallest absolute Gasteiger partial charge is 0.328 e. The van der Waals surface area contributed by atoms with E-state index in [2.05, 4.69) is 10.4 Å². The third kappa shape index (κ3) is 5.12. The van der Waals surface area contributed by atoms with Crippen molar-refractivity contribution >= 4 is 23.3 Å². The van der Waals surface area contributed by atoms with Gasteiger partial charge in [-0.05, 0) is 31.5 Å². The van der Waals surface area contributed by atoms with Gasteiger partial charge in [-0.3, -0.25) is 24.4 Å². The summed E-state index contributed by atoms with van der Waals surface area (Å²) in [6.07, 6.45) is 0.274. The Labute approximate surface area is 154 Å². The molecule has 0 bridgehead atoms. The van der Waals surface area contributed by atoms with Gasteiger partial charge in [0, 0.05) is 5.69 Å². The average molecular weight is 371 g/mol. The first-order valence-corrected chi connectivity index (χ1v) is 7.91. The van der Waals surface area contributed by atoms with Crippen LogP contribution in [0, 0.1) is 35.3 Å². The van der Waals surface area contributed by atoms with Crippen molar-refractivity contribution in [2.45, 2.75) is 26.8 Å². The van der Waals surface area contributed by atoms with Crippen LogP contribution < -0.4 is 5.32 Å². The van der Waals surface area contributed by atoms with E-state index in [1.807, 2.05) is 6.07 Å². The van der Waals surface area contributed by atoms with E-state index in [1.54, 1.807) is 24.3 Å². The third-order valence-electron chi connectivity index (χ3n) is 3.69. The first-order chi connectivity index (χ1) is 12.8. The van der Waals surface area contributed by atoms with Crippen LogP contribution >= 0.6 is 0 Å². The van der Waals surface area contributed by atoms with Crippen molar-refractivity contribution in [3.63, 3.8) is 0 Å². The zero-order valence-corrected chi connectivity index (χ0v) is 14.8. The third-order valence-corrected chi connectivity index (χ3v) is 3.69. The molecule has 0 spiro atoms. The minimum Gasteiger partial charge on any atom is -0.454 e. The number of nitrogens with zero attached hydrogens (tertiary/aromatic N) is 4. The Morgan fingerprint density at radius 2 is 2.00 bits per heavy atom. The largest absolute Gasteiger partial charge is 0.454 e. The van der Waals surface area contributed by atoms with Gasteiger partial charge < -0.3 is 10.1 Å². The van der Waals surface area contributed by atoms with Crippen molar-refractivity contribution in [1.82, 2.24) is 9.78 Å². The topological polar surface area (TPSA) is 140 Å². The molecule has 0 aliphatic carbocycles. The zero-order valence-electron chi connectivity index (χ0n) is 14.8. The molecule has 0 aliphatic heterocycles. The molecule has 0 saturated carbocycles. The molecule has 0 radical (unpaired) electrons. The summed E-state index contributed by atoms with van der Waals surface area (Å²) in [6.45, 7) is 2.12. The molecule has 0 aliphatic rings. The minimum absolute atomic E-state index is 0.152. The number of aryl methyl sites for hydroxylation is 1. The number of aromatic nitrogens is 2. The van der Waals surface area contributed by atoms with Crippen molar-refractivity contribution in [2.75, 3.05) is 11.9 Å². The molecule has 140 valence electrons. The first kappa shape index (κ1) is 19.6. The number of amides is 1. The number of esters is 1. The highest BCUT2D eigenvalue weighted by Gasteiger charge is 2.23. The van der Waals surface area contributed by atoms with Crippen LogP contribution in [0.4, 0.5) is 11.4 Å². The van der Waals surface area contributed by atoms with Gasteiger partial charge in [-0.25, -0.2) is 0 Å². The number of hydrogen-bond acceptors (Lipinski definition) is 7. The molecule has 10 heteroatoms. The van der Waals surface area contributed by atoms with Gasteiger partial charge in [0.05, 0.1) is 17.4 Å². The molecule has 1 N–H and O–H groups in total. The summed E-state index contributed by atoms with van der Waals surface area (Å²) in [5.41, 5.74) is 1.60. The number of nitrogens with one attached hydrogen (secondary N) is 1. The van der Waals surface area contributed by atoms with Gasteiger partial charge in [-0.15, -0.1) is 0 Å². The lowest BCUT2D eigenvalue weighted by Gasteiger charge is -2.07. The van der Waals surface area contributed by atoms with E-state index in [0.29, 0.717) is 5.69 Å². The Morgan fingerprint density at radius 1 is 1.33 bits per heavy atom. The zero-order chi connectivity index (χ0) is 20.0. The second kappa shape index (κ2) is 8.57. The number of benzene rings is 1. The number of hydrogen-bond donors (Lipinski definition) is 1. The molecule has 10 nitrogen and oxygen atoms in total. The fraction of sp³-hybridized carbons (Fsp3) is 0.294. The Bertz CT molecular complexity index is 911. The van der Waals surface area contributed by atoms with Gasteiger partial charge in [-0.1, -0.05) is 12.1 Å². The SMILES string of the molecule is Cc1nn(CC(=O)OCC(=O)Nc2ccc(CC#N)cc2)c(C)c1[N+](=O)[O-]. The lowest BCUT2D eigenvalue weighted by atomic mass is 10.1. The highest BCUT2D eigenvalue weighted by atomic mass is 16.6. The Hall–Kier alpha value is -3.74. The maximum Gasteiger partial charge on any atom is 0.328 e. The van der Waals surface area contributed by atoms with E-state index in [-0.39, 0.29) is 30.0 Å². The molecule has 1 heterocycles. The lowest BCUT2D eigenvalue weighted by Crippen LogP contribution is -2.23. The molecule has 0 fully saturated rings.